The molecule has 148 valence electrons. The Morgan fingerprint density at radius 2 is 2.14 bits per heavy atom. The van der Waals surface area contributed by atoms with Gasteiger partial charge >= 0.3 is 11.9 Å². The van der Waals surface area contributed by atoms with Crippen molar-refractivity contribution in [3.8, 4) is 11.8 Å². The van der Waals surface area contributed by atoms with Gasteiger partial charge in [-0.15, -0.1) is 11.8 Å². The van der Waals surface area contributed by atoms with E-state index in [1.54, 1.807) is 37.3 Å². The highest BCUT2D eigenvalue weighted by molar-refractivity contribution is 5.89. The summed E-state index contributed by atoms with van der Waals surface area (Å²) < 4.78 is 11.1. The molecule has 1 saturated carbocycles. The SMILES string of the molecule is CC#CCC(C)[C@H](O)C=C[C@@H]1[C@H]2CC(=O)O[C@H]2C[C@H]1OC(=O)c1ccccc1. The lowest BCUT2D eigenvalue weighted by molar-refractivity contribution is -0.141. The molecular formula is C23H26O5. The Morgan fingerprint density at radius 1 is 1.39 bits per heavy atom. The van der Waals surface area contributed by atoms with Crippen LogP contribution in [0.5, 0.6) is 0 Å². The Morgan fingerprint density at radius 3 is 2.86 bits per heavy atom. The van der Waals surface area contributed by atoms with Gasteiger partial charge in [0.25, 0.3) is 0 Å². The van der Waals surface area contributed by atoms with Crippen molar-refractivity contribution in [2.24, 2.45) is 17.8 Å². The van der Waals surface area contributed by atoms with Crippen LogP contribution in [-0.4, -0.2) is 35.4 Å². The highest BCUT2D eigenvalue weighted by Gasteiger charge is 2.50. The smallest absolute Gasteiger partial charge is 0.338 e. The number of ether oxygens (including phenoxy) is 2. The molecule has 1 N–H and O–H groups in total. The maximum absolute atomic E-state index is 12.5. The first kappa shape index (κ1) is 20.2. The third kappa shape index (κ3) is 4.63. The van der Waals surface area contributed by atoms with Crippen LogP contribution in [0.2, 0.25) is 0 Å². The molecule has 5 nitrogen and oxygen atoms in total. The molecule has 1 aliphatic heterocycles. The van der Waals surface area contributed by atoms with E-state index in [1.807, 2.05) is 19.1 Å². The minimum absolute atomic E-state index is 0.00678. The third-order valence-electron chi connectivity index (χ3n) is 5.53. The Labute approximate surface area is 165 Å². The number of hydrogen-bond acceptors (Lipinski definition) is 5. The van der Waals surface area contributed by atoms with Crippen LogP contribution in [0, 0.1) is 29.6 Å². The molecule has 1 unspecified atom stereocenters. The molecule has 6 atom stereocenters. The molecule has 2 fully saturated rings. The van der Waals surface area contributed by atoms with E-state index >= 15 is 0 Å². The zero-order valence-corrected chi connectivity index (χ0v) is 16.2. The molecule has 0 radical (unpaired) electrons. The van der Waals surface area contributed by atoms with Crippen molar-refractivity contribution in [3.63, 3.8) is 0 Å². The Bertz CT molecular complexity index is 788. The normalized spacial score (nSPS) is 28.2. The topological polar surface area (TPSA) is 72.8 Å². The summed E-state index contributed by atoms with van der Waals surface area (Å²) in [4.78, 5) is 24.2. The lowest BCUT2D eigenvalue weighted by Gasteiger charge is -2.21. The summed E-state index contributed by atoms with van der Waals surface area (Å²) in [6, 6.07) is 8.84. The average molecular weight is 382 g/mol. The van der Waals surface area contributed by atoms with Crippen LogP contribution < -0.4 is 0 Å². The number of carbonyl (C=O) groups is 2. The number of esters is 2. The summed E-state index contributed by atoms with van der Waals surface area (Å²) in [5.41, 5.74) is 0.492. The van der Waals surface area contributed by atoms with Crippen molar-refractivity contribution in [1.29, 1.82) is 0 Å². The predicted octanol–water partition coefficient (Wildman–Crippen LogP) is 3.13. The minimum Gasteiger partial charge on any atom is -0.462 e. The summed E-state index contributed by atoms with van der Waals surface area (Å²) in [5, 5.41) is 10.4. The number of fused-ring (bicyclic) bond motifs is 1. The van der Waals surface area contributed by atoms with Gasteiger partial charge in [-0.2, -0.15) is 0 Å². The van der Waals surface area contributed by atoms with Crippen molar-refractivity contribution in [2.45, 2.75) is 51.4 Å². The van der Waals surface area contributed by atoms with Gasteiger partial charge in [-0.25, -0.2) is 4.79 Å². The van der Waals surface area contributed by atoms with E-state index in [4.69, 9.17) is 9.47 Å². The van der Waals surface area contributed by atoms with Gasteiger partial charge in [-0.05, 0) is 25.0 Å². The van der Waals surface area contributed by atoms with Crippen LogP contribution in [0.4, 0.5) is 0 Å². The lowest BCUT2D eigenvalue weighted by Crippen LogP contribution is -2.25. The van der Waals surface area contributed by atoms with Gasteiger partial charge < -0.3 is 14.6 Å². The highest BCUT2D eigenvalue weighted by atomic mass is 16.6. The van der Waals surface area contributed by atoms with Gasteiger partial charge in [0, 0.05) is 24.7 Å². The number of aliphatic hydroxyl groups excluding tert-OH is 1. The number of rotatable bonds is 6. The lowest BCUT2D eigenvalue weighted by atomic mass is 9.90. The molecule has 1 aliphatic carbocycles. The molecule has 0 spiro atoms. The largest absolute Gasteiger partial charge is 0.462 e. The first-order chi connectivity index (χ1) is 13.5. The van der Waals surface area contributed by atoms with Crippen LogP contribution >= 0.6 is 0 Å². The average Bonchev–Trinajstić information content (AvgIpc) is 3.20. The van der Waals surface area contributed by atoms with E-state index in [1.165, 1.54) is 0 Å². The van der Waals surface area contributed by atoms with Gasteiger partial charge in [0.05, 0.1) is 18.1 Å². The van der Waals surface area contributed by atoms with Crippen LogP contribution in [0.3, 0.4) is 0 Å². The molecule has 0 aromatic heterocycles. The number of hydrogen-bond donors (Lipinski definition) is 1. The zero-order valence-electron chi connectivity index (χ0n) is 16.2. The highest BCUT2D eigenvalue weighted by Crippen LogP contribution is 2.43. The molecule has 1 heterocycles. The molecule has 2 aliphatic rings. The monoisotopic (exact) mass is 382 g/mol. The Hall–Kier alpha value is -2.58. The fourth-order valence-corrected chi connectivity index (χ4v) is 3.89. The second-order valence-electron chi connectivity index (χ2n) is 7.50. The fraction of sp³-hybridized carbons (Fsp3) is 0.478. The summed E-state index contributed by atoms with van der Waals surface area (Å²) in [6.07, 6.45) is 3.75. The molecule has 28 heavy (non-hydrogen) atoms. The van der Waals surface area contributed by atoms with E-state index in [2.05, 4.69) is 11.8 Å². The van der Waals surface area contributed by atoms with Crippen molar-refractivity contribution in [3.05, 3.63) is 48.0 Å². The standard InChI is InChI=1S/C23H26O5/c1-3-4-8-15(2)19(24)12-11-17-18-13-22(25)27-21(18)14-20(17)28-23(26)16-9-6-5-7-10-16/h5-7,9-12,15,17-21,24H,8,13-14H2,1-2H3/t15?,17-,18-,19-,20-,21+/m1/s1. The molecule has 0 amide bonds. The van der Waals surface area contributed by atoms with Crippen molar-refractivity contribution >= 4 is 11.9 Å². The van der Waals surface area contributed by atoms with E-state index in [9.17, 15) is 14.7 Å². The van der Waals surface area contributed by atoms with E-state index in [0.717, 1.165) is 0 Å². The molecule has 5 heteroatoms. The second-order valence-corrected chi connectivity index (χ2v) is 7.50. The quantitative estimate of drug-likeness (QED) is 0.465. The van der Waals surface area contributed by atoms with Gasteiger partial charge in [-0.1, -0.05) is 37.3 Å². The fourth-order valence-electron chi connectivity index (χ4n) is 3.89. The van der Waals surface area contributed by atoms with Gasteiger partial charge in [0.2, 0.25) is 0 Å². The van der Waals surface area contributed by atoms with Crippen molar-refractivity contribution < 1.29 is 24.2 Å². The summed E-state index contributed by atoms with van der Waals surface area (Å²) in [6.45, 7) is 3.71. The first-order valence-electron chi connectivity index (χ1n) is 9.71. The van der Waals surface area contributed by atoms with Crippen LogP contribution in [0.25, 0.3) is 0 Å². The molecule has 1 aromatic carbocycles. The molecule has 3 rings (SSSR count). The maximum atomic E-state index is 12.5. The third-order valence-corrected chi connectivity index (χ3v) is 5.53. The second kappa shape index (κ2) is 9.07. The summed E-state index contributed by atoms with van der Waals surface area (Å²) in [7, 11) is 0. The minimum atomic E-state index is -0.650. The number of aliphatic hydroxyl groups is 1. The molecular weight excluding hydrogens is 356 g/mol. The number of carbonyl (C=O) groups excluding carboxylic acids is 2. The molecule has 1 saturated heterocycles. The maximum Gasteiger partial charge on any atom is 0.338 e. The Kier molecular flexibility index (Phi) is 6.53. The molecule has 1 aromatic rings. The molecule has 0 bridgehead atoms. The number of benzene rings is 1. The van der Waals surface area contributed by atoms with Gasteiger partial charge in [-0.3, -0.25) is 4.79 Å². The predicted molar refractivity (Wildman–Crippen MR) is 104 cm³/mol. The summed E-state index contributed by atoms with van der Waals surface area (Å²) in [5.74, 6) is 5.00. The summed E-state index contributed by atoms with van der Waals surface area (Å²) >= 11 is 0. The van der Waals surface area contributed by atoms with Gasteiger partial charge in [0.1, 0.15) is 12.2 Å². The van der Waals surface area contributed by atoms with Crippen molar-refractivity contribution in [1.82, 2.24) is 0 Å². The van der Waals surface area contributed by atoms with E-state index < -0.39 is 6.10 Å². The van der Waals surface area contributed by atoms with E-state index in [0.29, 0.717) is 24.8 Å². The van der Waals surface area contributed by atoms with Crippen LogP contribution in [0.1, 0.15) is 43.5 Å². The zero-order chi connectivity index (χ0) is 20.1. The van der Waals surface area contributed by atoms with Crippen molar-refractivity contribution in [2.75, 3.05) is 0 Å². The van der Waals surface area contributed by atoms with Crippen LogP contribution in [-0.2, 0) is 14.3 Å². The Balaban J connectivity index is 1.71. The van der Waals surface area contributed by atoms with Crippen LogP contribution in [0.15, 0.2) is 42.5 Å². The van der Waals surface area contributed by atoms with Gasteiger partial charge in [0.15, 0.2) is 0 Å². The van der Waals surface area contributed by atoms with E-state index in [-0.39, 0.29) is 41.9 Å². The first-order valence-corrected chi connectivity index (χ1v) is 9.71.